The summed E-state index contributed by atoms with van der Waals surface area (Å²) in [6.45, 7) is 2.06. The summed E-state index contributed by atoms with van der Waals surface area (Å²) in [6.07, 6.45) is 4.73. The normalized spacial score (nSPS) is 22.9. The lowest BCUT2D eigenvalue weighted by Gasteiger charge is -2.20. The first-order valence-electron chi connectivity index (χ1n) is 4.61. The molecule has 1 atom stereocenters. The van der Waals surface area contributed by atoms with Gasteiger partial charge in [-0.15, -0.1) is 0 Å². The summed E-state index contributed by atoms with van der Waals surface area (Å²) in [5.41, 5.74) is 0.570. The van der Waals surface area contributed by atoms with Crippen molar-refractivity contribution in [1.82, 2.24) is 15.3 Å². The minimum absolute atomic E-state index is 0.447. The van der Waals surface area contributed by atoms with Crippen molar-refractivity contribution < 1.29 is 4.79 Å². The summed E-state index contributed by atoms with van der Waals surface area (Å²) >= 11 is 0. The molecule has 4 nitrogen and oxygen atoms in total. The summed E-state index contributed by atoms with van der Waals surface area (Å²) in [4.78, 5) is 17.6. The number of nitrogens with zero attached hydrogens (tertiary/aromatic N) is 1. The number of carbonyl (C=O) groups excluding carboxylic acids is 1. The maximum Gasteiger partial charge on any atom is 0.167 e. The zero-order valence-electron chi connectivity index (χ0n) is 7.42. The average Bonchev–Trinajstić information content (AvgIpc) is 2.67. The van der Waals surface area contributed by atoms with E-state index in [0.717, 1.165) is 31.6 Å². The first-order chi connectivity index (χ1) is 6.40. The van der Waals surface area contributed by atoms with Crippen molar-refractivity contribution in [2.24, 2.45) is 0 Å². The summed E-state index contributed by atoms with van der Waals surface area (Å²) in [7, 11) is 0. The predicted octanol–water partition coefficient (Wildman–Crippen LogP) is 0.689. The lowest BCUT2D eigenvalue weighted by atomic mass is 9.99. The number of H-pyrrole nitrogens is 1. The van der Waals surface area contributed by atoms with Gasteiger partial charge < -0.3 is 10.3 Å². The third-order valence-electron chi connectivity index (χ3n) is 2.43. The molecule has 2 rings (SSSR count). The van der Waals surface area contributed by atoms with Crippen LogP contribution in [0.2, 0.25) is 0 Å². The van der Waals surface area contributed by atoms with Crippen LogP contribution in [0, 0.1) is 0 Å². The van der Waals surface area contributed by atoms with Gasteiger partial charge in [-0.05, 0) is 19.4 Å². The Morgan fingerprint density at radius 2 is 2.54 bits per heavy atom. The molecule has 2 heterocycles. The molecule has 0 radical (unpaired) electrons. The summed E-state index contributed by atoms with van der Waals surface area (Å²) in [6, 6.07) is 0. The summed E-state index contributed by atoms with van der Waals surface area (Å²) in [5.74, 6) is 1.39. The molecule has 0 aromatic carbocycles. The van der Waals surface area contributed by atoms with E-state index < -0.39 is 0 Å². The van der Waals surface area contributed by atoms with Gasteiger partial charge in [-0.2, -0.15) is 0 Å². The van der Waals surface area contributed by atoms with Gasteiger partial charge in [-0.25, -0.2) is 4.98 Å². The standard InChI is InChI=1S/C9H13N3O/c13-6-8-5-11-9(12-8)7-2-1-3-10-4-7/h5-7,10H,1-4H2,(H,11,12). The van der Waals surface area contributed by atoms with Crippen LogP contribution in [0.1, 0.15) is 35.1 Å². The molecule has 1 aromatic heterocycles. The monoisotopic (exact) mass is 179 g/mol. The van der Waals surface area contributed by atoms with Crippen molar-refractivity contribution in [1.29, 1.82) is 0 Å². The number of nitrogens with one attached hydrogen (secondary N) is 2. The Hall–Kier alpha value is -1.16. The van der Waals surface area contributed by atoms with E-state index >= 15 is 0 Å². The molecule has 2 N–H and O–H groups in total. The number of carbonyl (C=O) groups is 1. The summed E-state index contributed by atoms with van der Waals surface area (Å²) < 4.78 is 0. The molecule has 1 fully saturated rings. The molecule has 1 unspecified atom stereocenters. The van der Waals surface area contributed by atoms with Gasteiger partial charge in [0.15, 0.2) is 6.29 Å². The van der Waals surface area contributed by atoms with Gasteiger partial charge in [-0.1, -0.05) is 0 Å². The fourth-order valence-corrected chi connectivity index (χ4v) is 1.70. The van der Waals surface area contributed by atoms with E-state index in [-0.39, 0.29) is 0 Å². The number of hydrogen-bond acceptors (Lipinski definition) is 3. The van der Waals surface area contributed by atoms with E-state index in [1.54, 1.807) is 6.20 Å². The Morgan fingerprint density at radius 1 is 1.62 bits per heavy atom. The average molecular weight is 179 g/mol. The van der Waals surface area contributed by atoms with Crippen LogP contribution < -0.4 is 5.32 Å². The largest absolute Gasteiger partial charge is 0.340 e. The van der Waals surface area contributed by atoms with Crippen LogP contribution in [-0.2, 0) is 0 Å². The van der Waals surface area contributed by atoms with E-state index in [1.807, 2.05) is 0 Å². The van der Waals surface area contributed by atoms with Crippen LogP contribution in [-0.4, -0.2) is 29.3 Å². The second-order valence-electron chi connectivity index (χ2n) is 3.38. The molecule has 1 saturated heterocycles. The highest BCUT2D eigenvalue weighted by Crippen LogP contribution is 2.19. The first kappa shape index (κ1) is 8.44. The molecular formula is C9H13N3O. The van der Waals surface area contributed by atoms with Crippen molar-refractivity contribution >= 4 is 6.29 Å². The lowest BCUT2D eigenvalue weighted by molar-refractivity contribution is 0.111. The number of imidazole rings is 1. The first-order valence-corrected chi connectivity index (χ1v) is 4.61. The van der Waals surface area contributed by atoms with Gasteiger partial charge in [0.1, 0.15) is 5.82 Å². The van der Waals surface area contributed by atoms with Gasteiger partial charge >= 0.3 is 0 Å². The zero-order chi connectivity index (χ0) is 9.10. The zero-order valence-corrected chi connectivity index (χ0v) is 7.42. The van der Waals surface area contributed by atoms with Gasteiger partial charge in [0.25, 0.3) is 0 Å². The van der Waals surface area contributed by atoms with E-state index in [1.165, 1.54) is 6.42 Å². The van der Waals surface area contributed by atoms with Crippen LogP contribution in [0.15, 0.2) is 6.20 Å². The predicted molar refractivity (Wildman–Crippen MR) is 48.8 cm³/mol. The van der Waals surface area contributed by atoms with Gasteiger partial charge in [0, 0.05) is 12.5 Å². The van der Waals surface area contributed by atoms with Crippen LogP contribution in [0.5, 0.6) is 0 Å². The van der Waals surface area contributed by atoms with E-state index in [0.29, 0.717) is 11.6 Å². The highest BCUT2D eigenvalue weighted by Gasteiger charge is 2.17. The van der Waals surface area contributed by atoms with Crippen molar-refractivity contribution in [3.05, 3.63) is 17.7 Å². The second kappa shape index (κ2) is 3.70. The molecule has 1 aliphatic heterocycles. The Morgan fingerprint density at radius 3 is 3.15 bits per heavy atom. The highest BCUT2D eigenvalue weighted by atomic mass is 16.1. The third kappa shape index (κ3) is 1.78. The van der Waals surface area contributed by atoms with Crippen LogP contribution in [0.25, 0.3) is 0 Å². The second-order valence-corrected chi connectivity index (χ2v) is 3.38. The minimum atomic E-state index is 0.447. The number of rotatable bonds is 2. The molecule has 0 aliphatic carbocycles. The lowest BCUT2D eigenvalue weighted by Crippen LogP contribution is -2.28. The Balaban J connectivity index is 2.09. The van der Waals surface area contributed by atoms with Crippen LogP contribution in [0.4, 0.5) is 0 Å². The fourth-order valence-electron chi connectivity index (χ4n) is 1.70. The topological polar surface area (TPSA) is 57.8 Å². The highest BCUT2D eigenvalue weighted by molar-refractivity contribution is 5.71. The summed E-state index contributed by atoms with van der Waals surface area (Å²) in [5, 5.41) is 3.31. The minimum Gasteiger partial charge on any atom is -0.340 e. The smallest absolute Gasteiger partial charge is 0.167 e. The number of aromatic nitrogens is 2. The van der Waals surface area contributed by atoms with Crippen molar-refractivity contribution in [2.75, 3.05) is 13.1 Å². The quantitative estimate of drug-likeness (QED) is 0.657. The molecule has 13 heavy (non-hydrogen) atoms. The SMILES string of the molecule is O=Cc1cnc(C2CCCNC2)[nH]1. The van der Waals surface area contributed by atoms with Gasteiger partial charge in [0.2, 0.25) is 0 Å². The van der Waals surface area contributed by atoms with Gasteiger partial charge in [-0.3, -0.25) is 4.79 Å². The van der Waals surface area contributed by atoms with Crippen molar-refractivity contribution in [2.45, 2.75) is 18.8 Å². The Bertz CT molecular complexity index is 289. The van der Waals surface area contributed by atoms with Gasteiger partial charge in [0.05, 0.1) is 11.9 Å². The Kier molecular flexibility index (Phi) is 2.40. The third-order valence-corrected chi connectivity index (χ3v) is 2.43. The van der Waals surface area contributed by atoms with E-state index in [4.69, 9.17) is 0 Å². The molecule has 0 saturated carbocycles. The fraction of sp³-hybridized carbons (Fsp3) is 0.556. The van der Waals surface area contributed by atoms with Crippen molar-refractivity contribution in [3.63, 3.8) is 0 Å². The van der Waals surface area contributed by atoms with Crippen LogP contribution in [0.3, 0.4) is 0 Å². The molecule has 1 aliphatic rings. The van der Waals surface area contributed by atoms with E-state index in [9.17, 15) is 4.79 Å². The molecular weight excluding hydrogens is 166 g/mol. The molecule has 70 valence electrons. The molecule has 0 amide bonds. The Labute approximate surface area is 76.8 Å². The van der Waals surface area contributed by atoms with E-state index in [2.05, 4.69) is 15.3 Å². The number of hydrogen-bond donors (Lipinski definition) is 2. The van der Waals surface area contributed by atoms with Crippen LogP contribution >= 0.6 is 0 Å². The number of piperidine rings is 1. The molecule has 1 aromatic rings. The molecule has 0 bridgehead atoms. The molecule has 0 spiro atoms. The maximum absolute atomic E-state index is 10.4. The number of aromatic amines is 1. The maximum atomic E-state index is 10.4. The number of aldehydes is 1. The van der Waals surface area contributed by atoms with Crippen molar-refractivity contribution in [3.8, 4) is 0 Å². The molecule has 4 heteroatoms.